The Morgan fingerprint density at radius 2 is 2.04 bits per heavy atom. The number of carbonyl (C=O) groups is 1. The van der Waals surface area contributed by atoms with Crippen LogP contribution < -0.4 is 5.32 Å². The number of nitrogens with zero attached hydrogens (tertiary/aromatic N) is 3. The lowest BCUT2D eigenvalue weighted by Gasteiger charge is -2.29. The molecular weight excluding hydrogens is 311 g/mol. The highest BCUT2D eigenvalue weighted by Crippen LogP contribution is 2.12. The summed E-state index contributed by atoms with van der Waals surface area (Å²) >= 11 is 0. The molecule has 0 aliphatic carbocycles. The van der Waals surface area contributed by atoms with E-state index < -0.39 is 0 Å². The number of benzene rings is 1. The normalized spacial score (nSPS) is 16.8. The van der Waals surface area contributed by atoms with Crippen LogP contribution in [-0.4, -0.2) is 59.2 Å². The molecule has 2 heterocycles. The number of hydrogen-bond donors (Lipinski definition) is 1. The van der Waals surface area contributed by atoms with Crippen LogP contribution in [0.15, 0.2) is 36.8 Å². The third-order valence-electron chi connectivity index (χ3n) is 3.99. The molecule has 0 saturated carbocycles. The number of carbonyl (C=O) groups excluding carboxylic acids is 1. The molecule has 0 bridgehead atoms. The molecule has 1 saturated heterocycles. The highest BCUT2D eigenvalue weighted by molar-refractivity contribution is 5.93. The zero-order valence-electron chi connectivity index (χ0n) is 13.6. The van der Waals surface area contributed by atoms with Gasteiger partial charge in [0.25, 0.3) is 5.91 Å². The smallest absolute Gasteiger partial charge is 0.270 e. The predicted octanol–water partition coefficient (Wildman–Crippen LogP) is 1.46. The average Bonchev–Trinajstić information content (AvgIpc) is 3.06. The summed E-state index contributed by atoms with van der Waals surface area (Å²) in [5, 5.41) is 2.99. The van der Waals surface area contributed by atoms with E-state index in [1.165, 1.54) is 18.3 Å². The van der Waals surface area contributed by atoms with Gasteiger partial charge in [0, 0.05) is 31.4 Å². The Hall–Kier alpha value is -2.25. The first kappa shape index (κ1) is 16.6. The van der Waals surface area contributed by atoms with Gasteiger partial charge in [0.1, 0.15) is 11.5 Å². The number of halogens is 1. The molecule has 0 radical (unpaired) electrons. The molecule has 1 aliphatic heterocycles. The molecule has 3 rings (SSSR count). The minimum atomic E-state index is -0.316. The lowest BCUT2D eigenvalue weighted by atomic mass is 10.2. The van der Waals surface area contributed by atoms with Crippen LogP contribution in [0, 0.1) is 5.82 Å². The Labute approximate surface area is 140 Å². The molecule has 6 nitrogen and oxygen atoms in total. The van der Waals surface area contributed by atoms with E-state index in [-0.39, 0.29) is 17.8 Å². The molecule has 0 spiro atoms. The lowest BCUT2D eigenvalue weighted by Crippen LogP contribution is -2.46. The van der Waals surface area contributed by atoms with E-state index in [2.05, 4.69) is 15.2 Å². The number of rotatable bonds is 5. The minimum Gasteiger partial charge on any atom is -0.379 e. The Bertz CT molecular complexity index is 680. The van der Waals surface area contributed by atoms with Gasteiger partial charge >= 0.3 is 0 Å². The third kappa shape index (κ3) is 3.98. The van der Waals surface area contributed by atoms with E-state index in [4.69, 9.17) is 4.74 Å². The van der Waals surface area contributed by atoms with Crippen molar-refractivity contribution in [2.75, 3.05) is 32.8 Å². The number of nitrogens with one attached hydrogen (secondary N) is 1. The SMILES string of the molecule is C[C@H](CN1CCOCC1)NC(=O)c1cncn1-c1ccc(F)cc1. The first-order valence-corrected chi connectivity index (χ1v) is 8.03. The molecule has 0 unspecified atom stereocenters. The summed E-state index contributed by atoms with van der Waals surface area (Å²) in [5.41, 5.74) is 1.12. The second kappa shape index (κ2) is 7.55. The van der Waals surface area contributed by atoms with Gasteiger partial charge in [0.2, 0.25) is 0 Å². The Morgan fingerprint density at radius 3 is 2.75 bits per heavy atom. The fraction of sp³-hybridized carbons (Fsp3) is 0.412. The standard InChI is InChI=1S/C17H21FN4O2/c1-13(11-21-6-8-24-9-7-21)20-17(23)16-10-19-12-22(16)15-4-2-14(18)3-5-15/h2-5,10,12-13H,6-9,11H2,1H3,(H,20,23)/t13-/m1/s1. The number of hydrogen-bond acceptors (Lipinski definition) is 4. The van der Waals surface area contributed by atoms with E-state index in [0.717, 1.165) is 32.8 Å². The molecule has 128 valence electrons. The first-order valence-electron chi connectivity index (χ1n) is 8.03. The van der Waals surface area contributed by atoms with E-state index in [1.807, 2.05) is 6.92 Å². The van der Waals surface area contributed by atoms with Crippen LogP contribution in [0.25, 0.3) is 5.69 Å². The van der Waals surface area contributed by atoms with Crippen LogP contribution in [0.4, 0.5) is 4.39 Å². The van der Waals surface area contributed by atoms with Crippen molar-refractivity contribution in [3.63, 3.8) is 0 Å². The van der Waals surface area contributed by atoms with Gasteiger partial charge in [-0.1, -0.05) is 0 Å². The van der Waals surface area contributed by atoms with Gasteiger partial charge in [0.15, 0.2) is 0 Å². The largest absolute Gasteiger partial charge is 0.379 e. The van der Waals surface area contributed by atoms with Crippen LogP contribution in [0.5, 0.6) is 0 Å². The first-order chi connectivity index (χ1) is 11.6. The number of ether oxygens (including phenoxy) is 1. The van der Waals surface area contributed by atoms with Gasteiger partial charge in [0.05, 0.1) is 25.7 Å². The van der Waals surface area contributed by atoms with Crippen molar-refractivity contribution in [3.8, 4) is 5.69 Å². The third-order valence-corrected chi connectivity index (χ3v) is 3.99. The lowest BCUT2D eigenvalue weighted by molar-refractivity contribution is 0.0342. The van der Waals surface area contributed by atoms with Gasteiger partial charge in [-0.2, -0.15) is 0 Å². The second-order valence-electron chi connectivity index (χ2n) is 5.91. The van der Waals surface area contributed by atoms with Gasteiger partial charge in [-0.3, -0.25) is 14.3 Å². The molecule has 1 amide bonds. The van der Waals surface area contributed by atoms with E-state index >= 15 is 0 Å². The number of imidazole rings is 1. The molecule has 1 atom stereocenters. The Kier molecular flexibility index (Phi) is 5.22. The quantitative estimate of drug-likeness (QED) is 0.901. The highest BCUT2D eigenvalue weighted by Gasteiger charge is 2.18. The molecule has 1 aromatic carbocycles. The molecule has 7 heteroatoms. The molecular formula is C17H21FN4O2. The molecule has 1 fully saturated rings. The molecule has 24 heavy (non-hydrogen) atoms. The fourth-order valence-electron chi connectivity index (χ4n) is 2.78. The number of aromatic nitrogens is 2. The maximum atomic E-state index is 13.1. The Morgan fingerprint density at radius 1 is 1.33 bits per heavy atom. The zero-order valence-corrected chi connectivity index (χ0v) is 13.6. The van der Waals surface area contributed by atoms with Crippen LogP contribution in [0.3, 0.4) is 0 Å². The summed E-state index contributed by atoms with van der Waals surface area (Å²) in [5.74, 6) is -0.512. The summed E-state index contributed by atoms with van der Waals surface area (Å²) in [6.07, 6.45) is 3.06. The Balaban J connectivity index is 1.65. The van der Waals surface area contributed by atoms with Crippen molar-refractivity contribution >= 4 is 5.91 Å². The number of amides is 1. The molecule has 1 aliphatic rings. The van der Waals surface area contributed by atoms with Crippen molar-refractivity contribution < 1.29 is 13.9 Å². The molecule has 1 N–H and O–H groups in total. The average molecular weight is 332 g/mol. The minimum absolute atomic E-state index is 0.00664. The van der Waals surface area contributed by atoms with Crippen molar-refractivity contribution in [3.05, 3.63) is 48.3 Å². The highest BCUT2D eigenvalue weighted by atomic mass is 19.1. The van der Waals surface area contributed by atoms with E-state index in [1.54, 1.807) is 23.0 Å². The van der Waals surface area contributed by atoms with Crippen LogP contribution in [0.2, 0.25) is 0 Å². The monoisotopic (exact) mass is 332 g/mol. The summed E-state index contributed by atoms with van der Waals surface area (Å²) in [6.45, 7) is 5.99. The van der Waals surface area contributed by atoms with Crippen molar-refractivity contribution in [2.24, 2.45) is 0 Å². The molecule has 1 aromatic heterocycles. The fourth-order valence-corrected chi connectivity index (χ4v) is 2.78. The predicted molar refractivity (Wildman–Crippen MR) is 87.7 cm³/mol. The van der Waals surface area contributed by atoms with Crippen LogP contribution >= 0.6 is 0 Å². The van der Waals surface area contributed by atoms with Crippen LogP contribution in [-0.2, 0) is 4.74 Å². The van der Waals surface area contributed by atoms with E-state index in [9.17, 15) is 9.18 Å². The van der Waals surface area contributed by atoms with Gasteiger partial charge < -0.3 is 10.1 Å². The maximum Gasteiger partial charge on any atom is 0.270 e. The summed E-state index contributed by atoms with van der Waals surface area (Å²) in [7, 11) is 0. The second-order valence-corrected chi connectivity index (χ2v) is 5.91. The van der Waals surface area contributed by atoms with Crippen LogP contribution in [0.1, 0.15) is 17.4 Å². The maximum absolute atomic E-state index is 13.1. The summed E-state index contributed by atoms with van der Waals surface area (Å²) < 4.78 is 20.0. The zero-order chi connectivity index (χ0) is 16.9. The van der Waals surface area contributed by atoms with Crippen molar-refractivity contribution in [1.29, 1.82) is 0 Å². The van der Waals surface area contributed by atoms with Gasteiger partial charge in [-0.15, -0.1) is 0 Å². The summed E-state index contributed by atoms with van der Waals surface area (Å²) in [6, 6.07) is 5.96. The molecule has 2 aromatic rings. The number of morpholine rings is 1. The van der Waals surface area contributed by atoms with Crippen molar-refractivity contribution in [2.45, 2.75) is 13.0 Å². The summed E-state index contributed by atoms with van der Waals surface area (Å²) in [4.78, 5) is 18.8. The van der Waals surface area contributed by atoms with Gasteiger partial charge in [-0.05, 0) is 31.2 Å². The van der Waals surface area contributed by atoms with Gasteiger partial charge in [-0.25, -0.2) is 9.37 Å². The van der Waals surface area contributed by atoms with E-state index in [0.29, 0.717) is 11.4 Å². The topological polar surface area (TPSA) is 59.4 Å². The van der Waals surface area contributed by atoms with Crippen molar-refractivity contribution in [1.82, 2.24) is 19.8 Å².